The molecule has 2 N–H and O–H groups in total. The topological polar surface area (TPSA) is 44.7 Å². The highest BCUT2D eigenvalue weighted by Crippen LogP contribution is 2.37. The lowest BCUT2D eigenvalue weighted by Crippen LogP contribution is -2.46. The molecule has 22 heavy (non-hydrogen) atoms. The average Bonchev–Trinajstić information content (AvgIpc) is 2.45. The van der Waals surface area contributed by atoms with E-state index in [0.29, 0.717) is 31.7 Å². The lowest BCUT2D eigenvalue weighted by atomic mass is 10.00. The van der Waals surface area contributed by atoms with Crippen LogP contribution in [0.4, 0.5) is 13.2 Å². The van der Waals surface area contributed by atoms with E-state index in [9.17, 15) is 18.3 Å². The predicted molar refractivity (Wildman–Crippen MR) is 79.8 cm³/mol. The molecule has 0 radical (unpaired) electrons. The predicted octanol–water partition coefficient (Wildman–Crippen LogP) is 2.72. The first kappa shape index (κ1) is 18.9. The molecule has 1 saturated heterocycles. The Bertz CT molecular complexity index is 480. The van der Waals surface area contributed by atoms with Gasteiger partial charge < -0.3 is 15.2 Å². The van der Waals surface area contributed by atoms with E-state index < -0.39 is 18.6 Å². The molecule has 2 rings (SSSR count). The first-order chi connectivity index (χ1) is 9.90. The molecule has 0 amide bonds. The summed E-state index contributed by atoms with van der Waals surface area (Å²) >= 11 is 0. The number of aromatic hydroxyl groups is 1. The van der Waals surface area contributed by atoms with Crippen LogP contribution in [-0.4, -0.2) is 49.5 Å². The molecule has 1 aliphatic heterocycles. The molecule has 0 aromatic heterocycles. The van der Waals surface area contributed by atoms with Crippen molar-refractivity contribution in [2.45, 2.75) is 18.6 Å². The monoisotopic (exact) mass is 340 g/mol. The van der Waals surface area contributed by atoms with E-state index in [1.165, 1.54) is 19.2 Å². The third kappa shape index (κ3) is 4.93. The van der Waals surface area contributed by atoms with Gasteiger partial charge in [0.05, 0.1) is 13.5 Å². The molecule has 1 fully saturated rings. The third-order valence-corrected chi connectivity index (χ3v) is 3.60. The number of piperazine rings is 1. The molecular weight excluding hydrogens is 321 g/mol. The van der Waals surface area contributed by atoms with Crippen LogP contribution in [0.25, 0.3) is 0 Å². The maximum Gasteiger partial charge on any atom is 0.390 e. The van der Waals surface area contributed by atoms with Crippen molar-refractivity contribution in [3.8, 4) is 11.5 Å². The molecule has 0 unspecified atom stereocenters. The lowest BCUT2D eigenvalue weighted by molar-refractivity contribution is -0.148. The Kier molecular flexibility index (Phi) is 6.77. The normalized spacial score (nSPS) is 17.6. The summed E-state index contributed by atoms with van der Waals surface area (Å²) in [4.78, 5) is 1.80. The van der Waals surface area contributed by atoms with Crippen LogP contribution >= 0.6 is 12.4 Å². The second-order valence-electron chi connectivity index (χ2n) is 5.05. The van der Waals surface area contributed by atoms with Gasteiger partial charge in [0.15, 0.2) is 11.5 Å². The summed E-state index contributed by atoms with van der Waals surface area (Å²) in [5.74, 6) is 0.113. The minimum absolute atomic E-state index is 0. The van der Waals surface area contributed by atoms with Gasteiger partial charge >= 0.3 is 6.18 Å². The maximum atomic E-state index is 12.9. The summed E-state index contributed by atoms with van der Waals surface area (Å²) in [6.45, 7) is 2.42. The second kappa shape index (κ2) is 7.89. The van der Waals surface area contributed by atoms with Gasteiger partial charge in [-0.25, -0.2) is 0 Å². The minimum Gasteiger partial charge on any atom is -0.504 e. The van der Waals surface area contributed by atoms with Gasteiger partial charge in [-0.3, -0.25) is 4.90 Å². The molecule has 1 aromatic carbocycles. The Morgan fingerprint density at radius 2 is 1.95 bits per heavy atom. The largest absolute Gasteiger partial charge is 0.504 e. The van der Waals surface area contributed by atoms with Crippen LogP contribution < -0.4 is 10.1 Å². The standard InChI is InChI=1S/C14H19F3N2O2.ClH/c1-21-13-3-2-10(8-12(13)20)11(9-14(15,16)17)19-6-4-18-5-7-19;/h2-3,8,11,18,20H,4-7,9H2,1H3;1H/t11-;/m1./s1. The van der Waals surface area contributed by atoms with Crippen molar-refractivity contribution in [2.75, 3.05) is 33.3 Å². The first-order valence-corrected chi connectivity index (χ1v) is 6.79. The molecule has 1 aliphatic rings. The Balaban J connectivity index is 0.00000242. The number of methoxy groups -OCH3 is 1. The van der Waals surface area contributed by atoms with E-state index in [1.807, 2.05) is 0 Å². The molecule has 8 heteroatoms. The van der Waals surface area contributed by atoms with Crippen LogP contribution in [-0.2, 0) is 0 Å². The average molecular weight is 341 g/mol. The number of benzene rings is 1. The van der Waals surface area contributed by atoms with E-state index in [1.54, 1.807) is 11.0 Å². The van der Waals surface area contributed by atoms with E-state index in [0.717, 1.165) is 0 Å². The van der Waals surface area contributed by atoms with Crippen LogP contribution in [0, 0.1) is 0 Å². The van der Waals surface area contributed by atoms with Crippen molar-refractivity contribution >= 4 is 12.4 Å². The van der Waals surface area contributed by atoms with Gasteiger partial charge in [-0.2, -0.15) is 13.2 Å². The second-order valence-corrected chi connectivity index (χ2v) is 5.05. The number of rotatable bonds is 4. The van der Waals surface area contributed by atoms with Gasteiger partial charge in [0.25, 0.3) is 0 Å². The van der Waals surface area contributed by atoms with Crippen LogP contribution in [0.5, 0.6) is 11.5 Å². The quantitative estimate of drug-likeness (QED) is 0.884. The molecule has 1 aromatic rings. The number of halogens is 4. The molecule has 0 bridgehead atoms. The number of phenols is 1. The van der Waals surface area contributed by atoms with E-state index in [-0.39, 0.29) is 23.9 Å². The molecule has 0 aliphatic carbocycles. The van der Waals surface area contributed by atoms with Gasteiger partial charge in [0.1, 0.15) is 0 Å². The van der Waals surface area contributed by atoms with E-state index in [2.05, 4.69) is 5.32 Å². The van der Waals surface area contributed by atoms with Crippen molar-refractivity contribution < 1.29 is 23.0 Å². The molecule has 4 nitrogen and oxygen atoms in total. The Hall–Kier alpha value is -1.18. The van der Waals surface area contributed by atoms with Gasteiger partial charge in [-0.05, 0) is 17.7 Å². The van der Waals surface area contributed by atoms with Gasteiger partial charge in [0.2, 0.25) is 0 Å². The fourth-order valence-corrected chi connectivity index (χ4v) is 2.59. The number of hydrogen-bond acceptors (Lipinski definition) is 4. The van der Waals surface area contributed by atoms with Crippen molar-refractivity contribution in [2.24, 2.45) is 0 Å². The van der Waals surface area contributed by atoms with Gasteiger partial charge in [-0.1, -0.05) is 6.07 Å². The summed E-state index contributed by atoms with van der Waals surface area (Å²) in [6.07, 6.45) is -5.19. The first-order valence-electron chi connectivity index (χ1n) is 6.79. The fraction of sp³-hybridized carbons (Fsp3) is 0.571. The number of nitrogens with one attached hydrogen (secondary N) is 1. The van der Waals surface area contributed by atoms with Gasteiger partial charge in [-0.15, -0.1) is 12.4 Å². The van der Waals surface area contributed by atoms with E-state index in [4.69, 9.17) is 4.74 Å². The zero-order valence-electron chi connectivity index (χ0n) is 12.2. The van der Waals surface area contributed by atoms with Crippen molar-refractivity contribution in [1.29, 1.82) is 0 Å². The van der Waals surface area contributed by atoms with Crippen molar-refractivity contribution in [1.82, 2.24) is 10.2 Å². The zero-order valence-corrected chi connectivity index (χ0v) is 13.0. The highest BCUT2D eigenvalue weighted by atomic mass is 35.5. The van der Waals surface area contributed by atoms with Crippen molar-refractivity contribution in [3.05, 3.63) is 23.8 Å². The number of phenolic OH excluding ortho intramolecular Hbond substituents is 1. The molecular formula is C14H20ClF3N2O2. The van der Waals surface area contributed by atoms with Crippen LogP contribution in [0.1, 0.15) is 18.0 Å². The van der Waals surface area contributed by atoms with Crippen LogP contribution in [0.15, 0.2) is 18.2 Å². The summed E-state index contributed by atoms with van der Waals surface area (Å²) in [5, 5.41) is 12.9. The number of ether oxygens (including phenoxy) is 1. The summed E-state index contributed by atoms with van der Waals surface area (Å²) < 4.78 is 43.5. The number of nitrogens with zero attached hydrogens (tertiary/aromatic N) is 1. The lowest BCUT2D eigenvalue weighted by Gasteiger charge is -2.35. The highest BCUT2D eigenvalue weighted by Gasteiger charge is 2.36. The van der Waals surface area contributed by atoms with Crippen LogP contribution in [0.2, 0.25) is 0 Å². The molecule has 126 valence electrons. The Labute approximate surface area is 133 Å². The van der Waals surface area contributed by atoms with Gasteiger partial charge in [0, 0.05) is 32.2 Å². The molecule has 0 saturated carbocycles. The van der Waals surface area contributed by atoms with Crippen molar-refractivity contribution in [3.63, 3.8) is 0 Å². The van der Waals surface area contributed by atoms with Crippen LogP contribution in [0.3, 0.4) is 0 Å². The fourth-order valence-electron chi connectivity index (χ4n) is 2.59. The number of alkyl halides is 3. The summed E-state index contributed by atoms with van der Waals surface area (Å²) in [7, 11) is 1.40. The molecule has 0 spiro atoms. The summed E-state index contributed by atoms with van der Waals surface area (Å²) in [6, 6.07) is 3.65. The SMILES string of the molecule is COc1ccc([C@@H](CC(F)(F)F)N2CCNCC2)cc1O.Cl. The molecule has 1 heterocycles. The third-order valence-electron chi connectivity index (χ3n) is 3.60. The minimum atomic E-state index is -4.26. The van der Waals surface area contributed by atoms with E-state index >= 15 is 0 Å². The number of hydrogen-bond donors (Lipinski definition) is 2. The Morgan fingerprint density at radius 3 is 2.45 bits per heavy atom. The smallest absolute Gasteiger partial charge is 0.390 e. The maximum absolute atomic E-state index is 12.9. The highest BCUT2D eigenvalue weighted by molar-refractivity contribution is 5.85. The molecule has 1 atom stereocenters. The Morgan fingerprint density at radius 1 is 1.32 bits per heavy atom. The summed E-state index contributed by atoms with van der Waals surface area (Å²) in [5.41, 5.74) is 0.451. The zero-order chi connectivity index (χ0) is 15.5.